The van der Waals surface area contributed by atoms with E-state index in [0.29, 0.717) is 0 Å². The first-order valence-corrected chi connectivity index (χ1v) is 19.6. The smallest absolute Gasteiger partial charge is 0.0298 e. The Morgan fingerprint density at radius 2 is 1.41 bits per heavy atom. The minimum atomic E-state index is 1.34. The molecule has 1 aromatic heterocycles. The van der Waals surface area contributed by atoms with Gasteiger partial charge in [-0.3, -0.25) is 0 Å². The van der Waals surface area contributed by atoms with Crippen molar-refractivity contribution in [3.8, 4) is 0 Å². The van der Waals surface area contributed by atoms with E-state index in [1.54, 1.807) is 70.3 Å². The molecule has 17 heavy (non-hydrogen) atoms. The van der Waals surface area contributed by atoms with Gasteiger partial charge in [0.2, 0.25) is 0 Å². The van der Waals surface area contributed by atoms with E-state index < -0.39 is 0 Å². The molecule has 0 aliphatic heterocycles. The van der Waals surface area contributed by atoms with Crippen LogP contribution in [0.15, 0.2) is 21.7 Å². The Balaban J connectivity index is 1.76. The lowest BCUT2D eigenvalue weighted by molar-refractivity contribution is 1.62. The third-order valence-electron chi connectivity index (χ3n) is 0.878. The summed E-state index contributed by atoms with van der Waals surface area (Å²) in [5.74, 6) is 0. The van der Waals surface area contributed by atoms with Crippen molar-refractivity contribution in [3.05, 3.63) is 16.8 Å². The van der Waals surface area contributed by atoms with Crippen molar-refractivity contribution >= 4 is 132 Å². The lowest BCUT2D eigenvalue weighted by Crippen LogP contribution is -1.48. The fraction of sp³-hybridized carbons (Fsp3) is 0. The second-order valence-electron chi connectivity index (χ2n) is 1.73. The molecule has 0 radical (unpaired) electrons. The molecule has 1 heterocycles. The first-order valence-electron chi connectivity index (χ1n) is 3.44. The van der Waals surface area contributed by atoms with Crippen molar-refractivity contribution in [2.24, 2.45) is 0 Å². The maximum Gasteiger partial charge on any atom is 0.0298 e. The molecule has 1 aromatic rings. The predicted molar refractivity (Wildman–Crippen MR) is 115 cm³/mol. The van der Waals surface area contributed by atoms with Gasteiger partial charge in [-0.2, -0.15) is 11.3 Å². The Hall–Kier alpha value is 3.90. The first-order chi connectivity index (χ1) is 8.43. The van der Waals surface area contributed by atoms with Crippen molar-refractivity contribution in [1.82, 2.24) is 0 Å². The van der Waals surface area contributed by atoms with Gasteiger partial charge in [0, 0.05) is 10.3 Å². The summed E-state index contributed by atoms with van der Waals surface area (Å²) < 4.78 is 0. The third-order valence-corrected chi connectivity index (χ3v) is 23.8. The van der Waals surface area contributed by atoms with Crippen molar-refractivity contribution in [2.75, 3.05) is 0 Å². The van der Waals surface area contributed by atoms with E-state index in [2.05, 4.69) is 28.5 Å². The van der Waals surface area contributed by atoms with E-state index >= 15 is 0 Å². The SMILES string of the molecule is SSSSSSSSSSSSc1ccsc1. The summed E-state index contributed by atoms with van der Waals surface area (Å²) >= 11 is 5.78. The molecule has 13 heteroatoms. The standard InChI is InChI=1S/C4H4S13/c5-8-10-12-14-16-17-15-13-11-9-7-4-1-2-6-3-4/h1-3,5H. The summed E-state index contributed by atoms with van der Waals surface area (Å²) in [5.41, 5.74) is 0. The lowest BCUT2D eigenvalue weighted by Gasteiger charge is -1.97. The van der Waals surface area contributed by atoms with E-state index in [-0.39, 0.29) is 0 Å². The molecule has 0 aliphatic carbocycles. The molecule has 0 nitrogen and oxygen atoms in total. The van der Waals surface area contributed by atoms with Crippen molar-refractivity contribution in [2.45, 2.75) is 4.90 Å². The lowest BCUT2D eigenvalue weighted by atomic mass is 10.7. The van der Waals surface area contributed by atoms with Gasteiger partial charge in [-0.25, -0.2) is 0 Å². The van der Waals surface area contributed by atoms with Gasteiger partial charge in [-0.1, -0.05) is 11.7 Å². The molecule has 0 N–H and O–H groups in total. The molecule has 0 spiro atoms. The Bertz CT molecular complexity index is 246. The summed E-state index contributed by atoms with van der Waals surface area (Å²) in [6.07, 6.45) is 0. The highest BCUT2D eigenvalue weighted by Gasteiger charge is 1.98. The van der Waals surface area contributed by atoms with Crippen LogP contribution in [0.2, 0.25) is 0 Å². The minimum Gasteiger partial charge on any atom is -0.151 e. The Kier molecular flexibility index (Phi) is 16.5. The van der Waals surface area contributed by atoms with Crippen LogP contribution in [-0.4, -0.2) is 0 Å². The van der Waals surface area contributed by atoms with Gasteiger partial charge in [0.1, 0.15) is 0 Å². The van der Waals surface area contributed by atoms with Crippen LogP contribution in [0, 0.1) is 0 Å². The van der Waals surface area contributed by atoms with Gasteiger partial charge in [0.05, 0.1) is 0 Å². The molecule has 98 valence electrons. The average Bonchev–Trinajstić information content (AvgIpc) is 2.85. The van der Waals surface area contributed by atoms with Gasteiger partial charge < -0.3 is 0 Å². The average molecular weight is 469 g/mol. The second-order valence-corrected chi connectivity index (χ2v) is 21.5. The molecule has 0 saturated carbocycles. The van der Waals surface area contributed by atoms with E-state index in [4.69, 9.17) is 0 Å². The highest BCUT2D eigenvalue weighted by Crippen LogP contribution is 2.61. The van der Waals surface area contributed by atoms with E-state index in [9.17, 15) is 0 Å². The number of hydrogen-bond acceptors (Lipinski definition) is 13. The molecule has 1 rings (SSSR count). The largest absolute Gasteiger partial charge is 0.151 e. The number of thiophene rings is 1. The number of hydrogen-bond donors (Lipinski definition) is 1. The van der Waals surface area contributed by atoms with Crippen LogP contribution in [0.5, 0.6) is 0 Å². The van der Waals surface area contributed by atoms with Crippen molar-refractivity contribution in [3.63, 3.8) is 0 Å². The zero-order valence-electron chi connectivity index (χ0n) is 7.58. The van der Waals surface area contributed by atoms with Crippen LogP contribution >= 0.6 is 132 Å². The van der Waals surface area contributed by atoms with Gasteiger partial charge in [0.15, 0.2) is 0 Å². The topological polar surface area (TPSA) is 0 Å². The normalized spacial score (nSPS) is 10.9. The summed E-state index contributed by atoms with van der Waals surface area (Å²) in [6.45, 7) is 0. The van der Waals surface area contributed by atoms with Crippen LogP contribution in [0.4, 0.5) is 0 Å². The molecular weight excluding hydrogens is 465 g/mol. The molecule has 0 fully saturated rings. The monoisotopic (exact) mass is 468 g/mol. The fourth-order valence-corrected chi connectivity index (χ4v) is 26.4. The summed E-state index contributed by atoms with van der Waals surface area (Å²) in [5, 5.41) is 4.28. The van der Waals surface area contributed by atoms with Crippen LogP contribution in [0.3, 0.4) is 0 Å². The predicted octanol–water partition coefficient (Wildman–Crippen LogP) is 9.17. The maximum absolute atomic E-state index is 4.04. The van der Waals surface area contributed by atoms with Gasteiger partial charge in [0.25, 0.3) is 0 Å². The second kappa shape index (κ2) is 14.8. The zero-order chi connectivity index (χ0) is 12.2. The van der Waals surface area contributed by atoms with Crippen LogP contribution < -0.4 is 0 Å². The maximum atomic E-state index is 4.04. The Morgan fingerprint density at radius 3 is 1.94 bits per heavy atom. The van der Waals surface area contributed by atoms with Crippen LogP contribution in [0.25, 0.3) is 0 Å². The Labute approximate surface area is 151 Å². The van der Waals surface area contributed by atoms with Gasteiger partial charge >= 0.3 is 0 Å². The van der Waals surface area contributed by atoms with Crippen LogP contribution in [0.1, 0.15) is 0 Å². The molecular formula is C4H4S13. The molecule has 0 amide bonds. The van der Waals surface area contributed by atoms with E-state index in [1.807, 2.05) is 40.3 Å². The molecule has 0 saturated heterocycles. The molecule has 0 aromatic carbocycles. The molecule has 0 bridgehead atoms. The minimum absolute atomic E-state index is 1.34. The highest BCUT2D eigenvalue weighted by atomic mass is 34.0. The fourth-order valence-electron chi connectivity index (χ4n) is 0.444. The summed E-state index contributed by atoms with van der Waals surface area (Å²) in [6, 6.07) is 2.15. The van der Waals surface area contributed by atoms with E-state index in [0.717, 1.165) is 0 Å². The van der Waals surface area contributed by atoms with E-state index in [1.165, 1.54) is 14.7 Å². The summed E-state index contributed by atoms with van der Waals surface area (Å²) in [4.78, 5) is 1.34. The van der Waals surface area contributed by atoms with Gasteiger partial charge in [-0.05, 0) is 120 Å². The van der Waals surface area contributed by atoms with Gasteiger partial charge in [-0.15, -0.1) is 0 Å². The summed E-state index contributed by atoms with van der Waals surface area (Å²) in [7, 11) is 19.3. The molecule has 0 atom stereocenters. The molecule has 0 aliphatic rings. The van der Waals surface area contributed by atoms with Crippen LogP contribution in [-0.2, 0) is 0 Å². The highest BCUT2D eigenvalue weighted by molar-refractivity contribution is 9.54. The molecule has 0 unspecified atom stereocenters. The van der Waals surface area contributed by atoms with Crippen molar-refractivity contribution < 1.29 is 0 Å². The number of rotatable bonds is 11. The Morgan fingerprint density at radius 1 is 0.824 bits per heavy atom. The van der Waals surface area contributed by atoms with Crippen molar-refractivity contribution in [1.29, 1.82) is 0 Å². The first kappa shape index (κ1) is 18.9. The number of thiol groups is 1. The zero-order valence-corrected chi connectivity index (χ0v) is 18.3. The quantitative estimate of drug-likeness (QED) is 0.187. The third kappa shape index (κ3) is 12.2.